The number of hydrogen-bond acceptors (Lipinski definition) is 8. The molecule has 0 atom stereocenters. The molecular formula is C27H53ClO8. The van der Waals surface area contributed by atoms with Crippen LogP contribution in [0.5, 0.6) is 0 Å². The monoisotopic (exact) mass is 540 g/mol. The number of alkyl halides is 1. The summed E-state index contributed by atoms with van der Waals surface area (Å²) in [4.78, 5) is 11.6. The summed E-state index contributed by atoms with van der Waals surface area (Å²) in [5.74, 6) is 0.611. The summed E-state index contributed by atoms with van der Waals surface area (Å²) in [7, 11) is 0. The molecule has 0 spiro atoms. The Hall–Kier alpha value is -0.480. The van der Waals surface area contributed by atoms with Gasteiger partial charge in [-0.2, -0.15) is 0 Å². The minimum atomic E-state index is -0.135. The largest absolute Gasteiger partial charge is 0.463 e. The lowest BCUT2D eigenvalue weighted by molar-refractivity contribution is -0.145. The zero-order valence-corrected chi connectivity index (χ0v) is 23.6. The lowest BCUT2D eigenvalue weighted by Crippen LogP contribution is -2.15. The topological polar surface area (TPSA) is 81.7 Å². The Morgan fingerprint density at radius 2 is 0.861 bits per heavy atom. The lowest BCUT2D eigenvalue weighted by atomic mass is 10.1. The van der Waals surface area contributed by atoms with Gasteiger partial charge < -0.3 is 33.2 Å². The second-order valence-corrected chi connectivity index (χ2v) is 8.89. The molecule has 0 aliphatic rings. The van der Waals surface area contributed by atoms with E-state index in [9.17, 15) is 4.79 Å². The number of carbonyl (C=O) groups excluding carboxylic acids is 1. The van der Waals surface area contributed by atoms with Crippen LogP contribution in [0.1, 0.15) is 77.6 Å². The van der Waals surface area contributed by atoms with Gasteiger partial charge in [-0.15, -0.1) is 11.6 Å². The van der Waals surface area contributed by atoms with Gasteiger partial charge in [-0.1, -0.05) is 51.9 Å². The Morgan fingerprint density at radius 3 is 1.36 bits per heavy atom. The summed E-state index contributed by atoms with van der Waals surface area (Å²) in [6, 6.07) is 0. The van der Waals surface area contributed by atoms with E-state index in [0.29, 0.717) is 85.7 Å². The van der Waals surface area contributed by atoms with Crippen LogP contribution in [0.25, 0.3) is 0 Å². The average Bonchev–Trinajstić information content (AvgIpc) is 2.88. The SMILES string of the molecule is CCCCCCCCC(=O)OCCOCCOCCOCCOCCOCCOCCCCCCCl. The van der Waals surface area contributed by atoms with E-state index < -0.39 is 0 Å². The van der Waals surface area contributed by atoms with Crippen LogP contribution in [0.15, 0.2) is 0 Å². The summed E-state index contributed by atoms with van der Waals surface area (Å²) in [5.41, 5.74) is 0. The Bertz CT molecular complexity index is 429. The molecule has 0 aromatic rings. The molecule has 0 aromatic carbocycles. The number of ether oxygens (including phenoxy) is 7. The summed E-state index contributed by atoms with van der Waals surface area (Å²) >= 11 is 5.64. The number of rotatable bonds is 31. The van der Waals surface area contributed by atoms with E-state index in [-0.39, 0.29) is 5.97 Å². The molecular weight excluding hydrogens is 488 g/mol. The van der Waals surface area contributed by atoms with Gasteiger partial charge in [0.2, 0.25) is 0 Å². The van der Waals surface area contributed by atoms with Crippen molar-refractivity contribution in [3.8, 4) is 0 Å². The lowest BCUT2D eigenvalue weighted by Gasteiger charge is -2.08. The Labute approximate surface area is 224 Å². The molecule has 0 unspecified atom stereocenters. The molecule has 0 aromatic heterocycles. The van der Waals surface area contributed by atoms with Gasteiger partial charge in [0.1, 0.15) is 6.61 Å². The fourth-order valence-electron chi connectivity index (χ4n) is 3.19. The van der Waals surface area contributed by atoms with Crippen molar-refractivity contribution in [1.29, 1.82) is 0 Å². The van der Waals surface area contributed by atoms with Crippen molar-refractivity contribution in [2.45, 2.75) is 77.6 Å². The van der Waals surface area contributed by atoms with E-state index >= 15 is 0 Å². The maximum Gasteiger partial charge on any atom is 0.305 e. The van der Waals surface area contributed by atoms with Crippen molar-refractivity contribution in [3.63, 3.8) is 0 Å². The predicted octanol–water partition coefficient (Wildman–Crippen LogP) is 5.18. The molecule has 0 rings (SSSR count). The maximum absolute atomic E-state index is 11.6. The van der Waals surface area contributed by atoms with E-state index in [1.54, 1.807) is 0 Å². The number of carbonyl (C=O) groups is 1. The number of hydrogen-bond donors (Lipinski definition) is 0. The first-order valence-corrected chi connectivity index (χ1v) is 14.5. The van der Waals surface area contributed by atoms with Crippen molar-refractivity contribution in [2.75, 3.05) is 91.8 Å². The summed E-state index contributed by atoms with van der Waals surface area (Å²) in [6.45, 7) is 9.02. The van der Waals surface area contributed by atoms with Crippen molar-refractivity contribution >= 4 is 17.6 Å². The molecule has 0 N–H and O–H groups in total. The molecule has 9 heteroatoms. The third-order valence-corrected chi connectivity index (χ3v) is 5.52. The fraction of sp³-hybridized carbons (Fsp3) is 0.963. The van der Waals surface area contributed by atoms with Crippen LogP contribution in [0.3, 0.4) is 0 Å². The average molecular weight is 541 g/mol. The Kier molecular flexibility index (Phi) is 32.1. The van der Waals surface area contributed by atoms with E-state index in [1.165, 1.54) is 38.5 Å². The summed E-state index contributed by atoms with van der Waals surface area (Å²) in [6.07, 6.45) is 12.0. The van der Waals surface area contributed by atoms with Crippen molar-refractivity contribution in [2.24, 2.45) is 0 Å². The highest BCUT2D eigenvalue weighted by Crippen LogP contribution is 2.07. The minimum absolute atomic E-state index is 0.135. The maximum atomic E-state index is 11.6. The first-order valence-electron chi connectivity index (χ1n) is 14.0. The molecule has 0 radical (unpaired) electrons. The van der Waals surface area contributed by atoms with E-state index in [1.807, 2.05) is 0 Å². The first-order chi connectivity index (χ1) is 17.8. The van der Waals surface area contributed by atoms with Gasteiger partial charge in [0, 0.05) is 18.9 Å². The fourth-order valence-corrected chi connectivity index (χ4v) is 3.38. The van der Waals surface area contributed by atoms with Gasteiger partial charge in [0.15, 0.2) is 0 Å². The van der Waals surface area contributed by atoms with Crippen molar-refractivity contribution < 1.29 is 38.0 Å². The smallest absolute Gasteiger partial charge is 0.305 e. The third-order valence-electron chi connectivity index (χ3n) is 5.26. The van der Waals surface area contributed by atoms with Gasteiger partial charge in [-0.05, 0) is 19.3 Å². The molecule has 0 heterocycles. The normalized spacial score (nSPS) is 11.3. The molecule has 0 fully saturated rings. The molecule has 36 heavy (non-hydrogen) atoms. The van der Waals surface area contributed by atoms with Gasteiger partial charge in [-0.25, -0.2) is 0 Å². The molecule has 0 bridgehead atoms. The molecule has 216 valence electrons. The zero-order chi connectivity index (χ0) is 26.2. The number of esters is 1. The van der Waals surface area contributed by atoms with Gasteiger partial charge in [0.05, 0.1) is 72.7 Å². The zero-order valence-electron chi connectivity index (χ0n) is 22.8. The molecule has 0 aliphatic carbocycles. The summed E-state index contributed by atoms with van der Waals surface area (Å²) in [5, 5.41) is 0. The second-order valence-electron chi connectivity index (χ2n) is 8.52. The Morgan fingerprint density at radius 1 is 0.472 bits per heavy atom. The minimum Gasteiger partial charge on any atom is -0.463 e. The van der Waals surface area contributed by atoms with Gasteiger partial charge in [0.25, 0.3) is 0 Å². The standard InChI is InChI=1S/C27H53ClO8/c1-2-3-4-5-6-9-12-27(29)36-26-25-35-24-23-34-22-21-33-20-19-32-18-17-31-16-15-30-14-11-8-7-10-13-28/h2-26H2,1H3. The van der Waals surface area contributed by atoms with Crippen LogP contribution in [0.2, 0.25) is 0 Å². The van der Waals surface area contributed by atoms with Gasteiger partial charge >= 0.3 is 5.97 Å². The third kappa shape index (κ3) is 31.5. The van der Waals surface area contributed by atoms with Crippen LogP contribution in [0, 0.1) is 0 Å². The molecule has 0 saturated carbocycles. The van der Waals surface area contributed by atoms with Crippen LogP contribution >= 0.6 is 11.6 Å². The van der Waals surface area contributed by atoms with E-state index in [2.05, 4.69) is 6.92 Å². The van der Waals surface area contributed by atoms with E-state index in [4.69, 9.17) is 44.8 Å². The number of halogens is 1. The van der Waals surface area contributed by atoms with Crippen LogP contribution in [-0.4, -0.2) is 97.7 Å². The molecule has 0 amide bonds. The van der Waals surface area contributed by atoms with Crippen molar-refractivity contribution in [1.82, 2.24) is 0 Å². The Balaban J connectivity index is 3.09. The highest BCUT2D eigenvalue weighted by molar-refractivity contribution is 6.17. The molecule has 0 saturated heterocycles. The van der Waals surface area contributed by atoms with E-state index in [0.717, 1.165) is 38.2 Å². The second kappa shape index (κ2) is 32.5. The number of unbranched alkanes of at least 4 members (excludes halogenated alkanes) is 8. The molecule has 8 nitrogen and oxygen atoms in total. The van der Waals surface area contributed by atoms with Crippen molar-refractivity contribution in [3.05, 3.63) is 0 Å². The quantitative estimate of drug-likeness (QED) is 0.0676. The van der Waals surface area contributed by atoms with Crippen LogP contribution < -0.4 is 0 Å². The first kappa shape index (κ1) is 35.5. The highest BCUT2D eigenvalue weighted by Gasteiger charge is 2.02. The predicted molar refractivity (Wildman–Crippen MR) is 143 cm³/mol. The summed E-state index contributed by atoms with van der Waals surface area (Å²) < 4.78 is 37.9. The van der Waals surface area contributed by atoms with Gasteiger partial charge in [-0.3, -0.25) is 4.79 Å². The molecule has 0 aliphatic heterocycles. The highest BCUT2D eigenvalue weighted by atomic mass is 35.5. The van der Waals surface area contributed by atoms with Crippen LogP contribution in [-0.2, 0) is 38.0 Å². The van der Waals surface area contributed by atoms with Crippen LogP contribution in [0.4, 0.5) is 0 Å².